The Morgan fingerprint density at radius 2 is 2.29 bits per heavy atom. The van der Waals surface area contributed by atoms with E-state index in [0.29, 0.717) is 21.8 Å². The molecule has 0 spiro atoms. The van der Waals surface area contributed by atoms with Gasteiger partial charge in [0.25, 0.3) is 5.56 Å². The number of hydrogen-bond acceptors (Lipinski definition) is 7. The van der Waals surface area contributed by atoms with Crippen LogP contribution in [0.4, 0.5) is 5.82 Å². The lowest BCUT2D eigenvalue weighted by Crippen LogP contribution is -2.24. The molecule has 9 heteroatoms. The fraction of sp³-hybridized carbons (Fsp3) is 0.167. The van der Waals surface area contributed by atoms with Gasteiger partial charge >= 0.3 is 0 Å². The van der Waals surface area contributed by atoms with Gasteiger partial charge in [-0.05, 0) is 34.3 Å². The number of aryl methyl sites for hydroxylation is 1. The van der Waals surface area contributed by atoms with Crippen LogP contribution in [0.3, 0.4) is 0 Å². The summed E-state index contributed by atoms with van der Waals surface area (Å²) in [7, 11) is 0. The fourth-order valence-electron chi connectivity index (χ4n) is 1.89. The molecule has 0 unspecified atom stereocenters. The highest BCUT2D eigenvalue weighted by Gasteiger charge is 2.11. The molecule has 0 aliphatic rings. The summed E-state index contributed by atoms with van der Waals surface area (Å²) in [6.07, 6.45) is 1.49. The van der Waals surface area contributed by atoms with Crippen molar-refractivity contribution in [3.8, 4) is 0 Å². The molecule has 21 heavy (non-hydrogen) atoms. The Morgan fingerprint density at radius 3 is 3.05 bits per heavy atom. The van der Waals surface area contributed by atoms with Gasteiger partial charge in [0.05, 0.1) is 24.0 Å². The highest BCUT2D eigenvalue weighted by atomic mass is 79.9. The molecule has 3 aromatic heterocycles. The number of fused-ring (bicyclic) bond motifs is 1. The summed E-state index contributed by atoms with van der Waals surface area (Å²) in [5.74, 6) is 6.53. The number of rotatable bonds is 3. The van der Waals surface area contributed by atoms with Crippen molar-refractivity contribution >= 4 is 43.3 Å². The van der Waals surface area contributed by atoms with Crippen molar-refractivity contribution in [2.75, 3.05) is 5.43 Å². The predicted octanol–water partition coefficient (Wildman–Crippen LogP) is 1.65. The van der Waals surface area contributed by atoms with E-state index in [-0.39, 0.29) is 12.1 Å². The summed E-state index contributed by atoms with van der Waals surface area (Å²) in [4.78, 5) is 25.9. The molecule has 0 atom stereocenters. The van der Waals surface area contributed by atoms with Gasteiger partial charge in [-0.2, -0.15) is 0 Å². The highest BCUT2D eigenvalue weighted by Crippen LogP contribution is 2.24. The maximum atomic E-state index is 12.1. The van der Waals surface area contributed by atoms with Crippen LogP contribution in [-0.4, -0.2) is 19.5 Å². The van der Waals surface area contributed by atoms with E-state index < -0.39 is 0 Å². The molecule has 0 bridgehead atoms. The molecule has 0 radical (unpaired) electrons. The lowest BCUT2D eigenvalue weighted by molar-refractivity contribution is 0.693. The van der Waals surface area contributed by atoms with Gasteiger partial charge in [-0.15, -0.1) is 11.3 Å². The van der Waals surface area contributed by atoms with Gasteiger partial charge in [0.1, 0.15) is 9.30 Å². The first-order valence-corrected chi connectivity index (χ1v) is 7.69. The smallest absolute Gasteiger partial charge is 0.268 e. The van der Waals surface area contributed by atoms with Crippen molar-refractivity contribution in [3.63, 3.8) is 0 Å². The molecule has 7 nitrogen and oxygen atoms in total. The molecule has 0 amide bonds. The molecule has 108 valence electrons. The van der Waals surface area contributed by atoms with E-state index in [4.69, 9.17) is 5.84 Å². The topological polar surface area (TPSA) is 98.7 Å². The molecule has 0 aliphatic carbocycles. The number of hydrazine groups is 1. The SMILES string of the molecule is Cc1ncn(Cc2nc(NN)c3ccsc3n2)c(=O)c1Br. The highest BCUT2D eigenvalue weighted by molar-refractivity contribution is 9.10. The van der Waals surface area contributed by atoms with Crippen LogP contribution < -0.4 is 16.8 Å². The molecule has 0 saturated carbocycles. The summed E-state index contributed by atoms with van der Waals surface area (Å²) < 4.78 is 1.89. The van der Waals surface area contributed by atoms with Crippen LogP contribution in [-0.2, 0) is 6.54 Å². The van der Waals surface area contributed by atoms with Gasteiger partial charge in [-0.3, -0.25) is 9.36 Å². The lowest BCUT2D eigenvalue weighted by Gasteiger charge is -2.08. The molecule has 3 heterocycles. The van der Waals surface area contributed by atoms with Crippen LogP contribution in [0.5, 0.6) is 0 Å². The number of nitrogens with two attached hydrogens (primary N) is 1. The molecule has 0 aromatic carbocycles. The largest absolute Gasteiger partial charge is 0.308 e. The summed E-state index contributed by atoms with van der Waals surface area (Å²) in [6.45, 7) is 1.99. The average molecular weight is 367 g/mol. The molecule has 0 fully saturated rings. The van der Waals surface area contributed by atoms with Gasteiger partial charge in [0.2, 0.25) is 0 Å². The number of nitrogens with zero attached hydrogens (tertiary/aromatic N) is 4. The summed E-state index contributed by atoms with van der Waals surface area (Å²) >= 11 is 4.73. The van der Waals surface area contributed by atoms with E-state index in [0.717, 1.165) is 10.2 Å². The van der Waals surface area contributed by atoms with E-state index in [1.807, 2.05) is 11.4 Å². The number of nitrogens with one attached hydrogen (secondary N) is 1. The van der Waals surface area contributed by atoms with Crippen molar-refractivity contribution in [1.82, 2.24) is 19.5 Å². The lowest BCUT2D eigenvalue weighted by atomic mass is 10.3. The minimum Gasteiger partial charge on any atom is -0.308 e. The van der Waals surface area contributed by atoms with Crippen molar-refractivity contribution in [3.05, 3.63) is 44.1 Å². The zero-order valence-electron chi connectivity index (χ0n) is 11.0. The van der Waals surface area contributed by atoms with Gasteiger partial charge in [-0.1, -0.05) is 0 Å². The number of hydrogen-bond donors (Lipinski definition) is 2. The van der Waals surface area contributed by atoms with Crippen molar-refractivity contribution in [2.45, 2.75) is 13.5 Å². The number of halogens is 1. The van der Waals surface area contributed by atoms with E-state index in [1.54, 1.807) is 6.92 Å². The van der Waals surface area contributed by atoms with Crippen LogP contribution in [0.15, 0.2) is 27.0 Å². The molecular formula is C12H11BrN6OS. The third-order valence-electron chi connectivity index (χ3n) is 2.98. The summed E-state index contributed by atoms with van der Waals surface area (Å²) in [6, 6.07) is 1.90. The van der Waals surface area contributed by atoms with E-state index in [9.17, 15) is 4.79 Å². The minimum absolute atomic E-state index is 0.167. The third kappa shape index (κ3) is 2.55. The van der Waals surface area contributed by atoms with Crippen LogP contribution in [0.1, 0.15) is 11.5 Å². The van der Waals surface area contributed by atoms with Crippen molar-refractivity contribution in [2.24, 2.45) is 5.84 Å². The Kier molecular flexibility index (Phi) is 3.70. The quantitative estimate of drug-likeness (QED) is 0.540. The standard InChI is InChI=1S/C12H11BrN6OS/c1-6-9(13)12(20)19(5-15-6)4-8-16-10(18-14)7-2-3-21-11(7)17-8/h2-3,5H,4,14H2,1H3,(H,16,17,18). The van der Waals surface area contributed by atoms with Gasteiger partial charge in [0, 0.05) is 0 Å². The molecule has 3 rings (SSSR count). The second-order valence-corrected chi connectivity index (χ2v) is 6.04. The van der Waals surface area contributed by atoms with E-state index in [2.05, 4.69) is 36.3 Å². The average Bonchev–Trinajstić information content (AvgIpc) is 2.95. The number of nitrogen functional groups attached to an aromatic ring is 1. The molecular weight excluding hydrogens is 356 g/mol. The van der Waals surface area contributed by atoms with Crippen LogP contribution in [0.25, 0.3) is 10.2 Å². The number of thiophene rings is 1. The second-order valence-electron chi connectivity index (χ2n) is 4.35. The van der Waals surface area contributed by atoms with Crippen molar-refractivity contribution in [1.29, 1.82) is 0 Å². The predicted molar refractivity (Wildman–Crippen MR) is 85.3 cm³/mol. The summed E-state index contributed by atoms with van der Waals surface area (Å²) in [5.41, 5.74) is 3.04. The summed E-state index contributed by atoms with van der Waals surface area (Å²) in [5, 5.41) is 2.78. The number of anilines is 1. The third-order valence-corrected chi connectivity index (χ3v) is 4.70. The zero-order chi connectivity index (χ0) is 15.0. The van der Waals surface area contributed by atoms with E-state index >= 15 is 0 Å². The van der Waals surface area contributed by atoms with Crippen molar-refractivity contribution < 1.29 is 0 Å². The normalized spacial score (nSPS) is 11.0. The van der Waals surface area contributed by atoms with Gasteiger partial charge in [0.15, 0.2) is 11.6 Å². The van der Waals surface area contributed by atoms with Gasteiger partial charge in [-0.25, -0.2) is 20.8 Å². The van der Waals surface area contributed by atoms with Crippen LogP contribution in [0.2, 0.25) is 0 Å². The second kappa shape index (κ2) is 5.51. The minimum atomic E-state index is -0.167. The maximum Gasteiger partial charge on any atom is 0.268 e. The fourth-order valence-corrected chi connectivity index (χ4v) is 3.00. The molecule has 3 N–H and O–H groups in total. The first-order valence-electron chi connectivity index (χ1n) is 6.02. The zero-order valence-corrected chi connectivity index (χ0v) is 13.4. The Morgan fingerprint density at radius 1 is 1.48 bits per heavy atom. The Balaban J connectivity index is 2.06. The van der Waals surface area contributed by atoms with E-state index in [1.165, 1.54) is 22.2 Å². The molecule has 0 aliphatic heterocycles. The Labute approximate surface area is 132 Å². The first kappa shape index (κ1) is 14.1. The Hall–Kier alpha value is -1.84. The number of aromatic nitrogens is 4. The van der Waals surface area contributed by atoms with Crippen LogP contribution in [0, 0.1) is 6.92 Å². The molecule has 0 saturated heterocycles. The first-order chi connectivity index (χ1) is 10.1. The van der Waals surface area contributed by atoms with Gasteiger partial charge < -0.3 is 5.43 Å². The monoisotopic (exact) mass is 366 g/mol. The van der Waals surface area contributed by atoms with Crippen LogP contribution >= 0.6 is 27.3 Å². The maximum absolute atomic E-state index is 12.1. The Bertz CT molecular complexity index is 874. The molecule has 3 aromatic rings.